The van der Waals surface area contributed by atoms with Crippen LogP contribution in [0, 0.1) is 0 Å². The van der Waals surface area contributed by atoms with Gasteiger partial charge in [-0.2, -0.15) is 0 Å². The molecule has 2 amide bonds. The van der Waals surface area contributed by atoms with E-state index in [1.807, 2.05) is 6.92 Å². The first-order valence-corrected chi connectivity index (χ1v) is 7.22. The molecule has 0 aromatic rings. The second-order valence-corrected chi connectivity index (χ2v) is 5.46. The summed E-state index contributed by atoms with van der Waals surface area (Å²) < 4.78 is 0. The number of carboxylic acids is 1. The van der Waals surface area contributed by atoms with Crippen LogP contribution in [-0.4, -0.2) is 46.4 Å². The normalized spacial score (nSPS) is 18.4. The zero-order valence-corrected chi connectivity index (χ0v) is 12.3. The number of hydrogen-bond acceptors (Lipinski definition) is 4. The van der Waals surface area contributed by atoms with Crippen LogP contribution in [-0.2, 0) is 14.4 Å². The van der Waals surface area contributed by atoms with Crippen molar-refractivity contribution in [2.24, 2.45) is 0 Å². The number of carboxylic acid groups (broad SMARTS) is 1. The fourth-order valence-electron chi connectivity index (χ4n) is 2.29. The number of carbonyl (C=O) groups is 3. The van der Waals surface area contributed by atoms with Crippen molar-refractivity contribution in [1.82, 2.24) is 10.2 Å². The summed E-state index contributed by atoms with van der Waals surface area (Å²) in [5.41, 5.74) is -0.935. The summed E-state index contributed by atoms with van der Waals surface area (Å²) in [6.45, 7) is 4.73. The Balaban J connectivity index is 2.35. The van der Waals surface area contributed by atoms with Crippen molar-refractivity contribution >= 4 is 17.8 Å². The summed E-state index contributed by atoms with van der Waals surface area (Å²) in [5.74, 6) is -1.08. The number of amides is 2. The van der Waals surface area contributed by atoms with E-state index in [9.17, 15) is 19.5 Å². The van der Waals surface area contributed by atoms with E-state index < -0.39 is 11.5 Å². The van der Waals surface area contributed by atoms with Gasteiger partial charge in [0.2, 0.25) is 11.8 Å². The maximum Gasteiger partial charge on any atom is 0.323 e. The van der Waals surface area contributed by atoms with E-state index in [1.54, 1.807) is 6.92 Å². The van der Waals surface area contributed by atoms with Gasteiger partial charge in [0.25, 0.3) is 0 Å². The molecule has 1 aliphatic heterocycles. The first-order valence-electron chi connectivity index (χ1n) is 7.22. The van der Waals surface area contributed by atoms with Crippen molar-refractivity contribution in [3.8, 4) is 0 Å². The SMILES string of the molecule is CCCNC(C)(CCCCN1C(=O)CCC1=O)C(=O)O. The lowest BCUT2D eigenvalue weighted by molar-refractivity contribution is -0.145. The van der Waals surface area contributed by atoms with Crippen LogP contribution in [0.2, 0.25) is 0 Å². The fourth-order valence-corrected chi connectivity index (χ4v) is 2.29. The van der Waals surface area contributed by atoms with E-state index in [0.717, 1.165) is 6.42 Å². The van der Waals surface area contributed by atoms with Crippen LogP contribution in [0.15, 0.2) is 0 Å². The zero-order chi connectivity index (χ0) is 15.2. The lowest BCUT2D eigenvalue weighted by Crippen LogP contribution is -2.49. The third-order valence-corrected chi connectivity index (χ3v) is 3.70. The third-order valence-electron chi connectivity index (χ3n) is 3.70. The van der Waals surface area contributed by atoms with Gasteiger partial charge in [-0.15, -0.1) is 0 Å². The summed E-state index contributed by atoms with van der Waals surface area (Å²) in [6, 6.07) is 0. The Morgan fingerprint density at radius 3 is 2.40 bits per heavy atom. The second-order valence-electron chi connectivity index (χ2n) is 5.46. The molecule has 0 bridgehead atoms. The van der Waals surface area contributed by atoms with Crippen molar-refractivity contribution in [1.29, 1.82) is 0 Å². The molecule has 1 rings (SSSR count). The standard InChI is InChI=1S/C14H24N2O4/c1-3-9-15-14(2,13(19)20)8-4-5-10-16-11(17)6-7-12(16)18/h15H,3-10H2,1-2H3,(H,19,20). The summed E-state index contributed by atoms with van der Waals surface area (Å²) in [4.78, 5) is 35.4. The van der Waals surface area contributed by atoms with Gasteiger partial charge in [-0.25, -0.2) is 0 Å². The van der Waals surface area contributed by atoms with E-state index in [-0.39, 0.29) is 11.8 Å². The van der Waals surface area contributed by atoms with E-state index in [4.69, 9.17) is 0 Å². The highest BCUT2D eigenvalue weighted by Gasteiger charge is 2.32. The van der Waals surface area contributed by atoms with Gasteiger partial charge in [0.1, 0.15) is 5.54 Å². The number of unbranched alkanes of at least 4 members (excludes halogenated alkanes) is 1. The number of imide groups is 1. The van der Waals surface area contributed by atoms with E-state index in [1.165, 1.54) is 4.90 Å². The predicted molar refractivity (Wildman–Crippen MR) is 74.1 cm³/mol. The Morgan fingerprint density at radius 1 is 1.30 bits per heavy atom. The van der Waals surface area contributed by atoms with E-state index in [2.05, 4.69) is 5.32 Å². The summed E-state index contributed by atoms with van der Waals surface area (Å²) in [5, 5.41) is 12.3. The fraction of sp³-hybridized carbons (Fsp3) is 0.786. The number of nitrogens with one attached hydrogen (secondary N) is 1. The molecule has 0 spiro atoms. The van der Waals surface area contributed by atoms with Crippen LogP contribution < -0.4 is 5.32 Å². The lowest BCUT2D eigenvalue weighted by atomic mass is 9.94. The third kappa shape index (κ3) is 4.30. The molecule has 0 aliphatic carbocycles. The molecule has 0 saturated carbocycles. The zero-order valence-electron chi connectivity index (χ0n) is 12.3. The summed E-state index contributed by atoms with van der Waals surface area (Å²) >= 11 is 0. The van der Waals surface area contributed by atoms with Gasteiger partial charge < -0.3 is 10.4 Å². The molecule has 1 aliphatic rings. The van der Waals surface area contributed by atoms with Crippen LogP contribution in [0.5, 0.6) is 0 Å². The van der Waals surface area contributed by atoms with Crippen molar-refractivity contribution in [3.63, 3.8) is 0 Å². The van der Waals surface area contributed by atoms with Crippen molar-refractivity contribution < 1.29 is 19.5 Å². The molecule has 6 heteroatoms. The number of likely N-dealkylation sites (tertiary alicyclic amines) is 1. The minimum atomic E-state index is -0.935. The van der Waals surface area contributed by atoms with Gasteiger partial charge in [0.15, 0.2) is 0 Å². The molecule has 0 radical (unpaired) electrons. The van der Waals surface area contributed by atoms with Crippen LogP contribution >= 0.6 is 0 Å². The first-order chi connectivity index (χ1) is 9.40. The van der Waals surface area contributed by atoms with Gasteiger partial charge in [-0.05, 0) is 39.2 Å². The molecule has 114 valence electrons. The molecule has 1 saturated heterocycles. The van der Waals surface area contributed by atoms with Gasteiger partial charge >= 0.3 is 5.97 Å². The Bertz CT molecular complexity index is 367. The monoisotopic (exact) mass is 284 g/mol. The summed E-state index contributed by atoms with van der Waals surface area (Å²) in [6.07, 6.45) is 3.29. The van der Waals surface area contributed by atoms with E-state index in [0.29, 0.717) is 45.2 Å². The van der Waals surface area contributed by atoms with Crippen LogP contribution in [0.4, 0.5) is 0 Å². The Hall–Kier alpha value is -1.43. The van der Waals surface area contributed by atoms with Crippen molar-refractivity contribution in [2.45, 2.75) is 57.9 Å². The minimum absolute atomic E-state index is 0.111. The number of nitrogens with zero attached hydrogens (tertiary/aromatic N) is 1. The molecular weight excluding hydrogens is 260 g/mol. The quantitative estimate of drug-likeness (QED) is 0.490. The molecule has 1 atom stereocenters. The molecule has 6 nitrogen and oxygen atoms in total. The Labute approximate surface area is 119 Å². The van der Waals surface area contributed by atoms with Gasteiger partial charge in [-0.1, -0.05) is 6.92 Å². The van der Waals surface area contributed by atoms with E-state index >= 15 is 0 Å². The van der Waals surface area contributed by atoms with Gasteiger partial charge in [-0.3, -0.25) is 19.3 Å². The van der Waals surface area contributed by atoms with Crippen LogP contribution in [0.1, 0.15) is 52.4 Å². The topological polar surface area (TPSA) is 86.7 Å². The maximum atomic E-state index is 11.4. The average Bonchev–Trinajstić information content (AvgIpc) is 2.72. The molecule has 20 heavy (non-hydrogen) atoms. The smallest absolute Gasteiger partial charge is 0.323 e. The summed E-state index contributed by atoms with van der Waals surface area (Å²) in [7, 11) is 0. The average molecular weight is 284 g/mol. The van der Waals surface area contributed by atoms with Crippen LogP contribution in [0.25, 0.3) is 0 Å². The predicted octanol–water partition coefficient (Wildman–Crippen LogP) is 1.15. The highest BCUT2D eigenvalue weighted by Crippen LogP contribution is 2.17. The first kappa shape index (κ1) is 16.6. The highest BCUT2D eigenvalue weighted by molar-refractivity contribution is 6.01. The molecular formula is C14H24N2O4. The number of rotatable bonds is 9. The Morgan fingerprint density at radius 2 is 1.90 bits per heavy atom. The number of carbonyl (C=O) groups excluding carboxylic acids is 2. The van der Waals surface area contributed by atoms with Gasteiger partial charge in [0, 0.05) is 19.4 Å². The molecule has 1 unspecified atom stereocenters. The largest absolute Gasteiger partial charge is 0.480 e. The maximum absolute atomic E-state index is 11.4. The second kappa shape index (κ2) is 7.38. The molecule has 0 aromatic carbocycles. The van der Waals surface area contributed by atoms with Crippen molar-refractivity contribution in [3.05, 3.63) is 0 Å². The lowest BCUT2D eigenvalue weighted by Gasteiger charge is -2.26. The number of hydrogen-bond donors (Lipinski definition) is 2. The van der Waals surface area contributed by atoms with Crippen molar-refractivity contribution in [2.75, 3.05) is 13.1 Å². The highest BCUT2D eigenvalue weighted by atomic mass is 16.4. The molecule has 0 aromatic heterocycles. The molecule has 2 N–H and O–H groups in total. The van der Waals surface area contributed by atoms with Crippen LogP contribution in [0.3, 0.4) is 0 Å². The Kier molecular flexibility index (Phi) is 6.13. The number of aliphatic carboxylic acids is 1. The minimum Gasteiger partial charge on any atom is -0.480 e. The van der Waals surface area contributed by atoms with Gasteiger partial charge in [0.05, 0.1) is 0 Å². The molecule has 1 fully saturated rings. The molecule has 1 heterocycles.